The summed E-state index contributed by atoms with van der Waals surface area (Å²) < 4.78 is 5.20. The van der Waals surface area contributed by atoms with Gasteiger partial charge in [-0.25, -0.2) is 0 Å². The molecule has 1 saturated heterocycles. The average molecular weight is 303 g/mol. The van der Waals surface area contributed by atoms with Gasteiger partial charge in [0.2, 0.25) is 0 Å². The summed E-state index contributed by atoms with van der Waals surface area (Å²) in [4.78, 5) is 16.5. The number of nitrogens with one attached hydrogen (secondary N) is 1. The van der Waals surface area contributed by atoms with Crippen LogP contribution in [0.4, 0.5) is 0 Å². The van der Waals surface area contributed by atoms with Gasteiger partial charge in [-0.1, -0.05) is 5.16 Å². The van der Waals surface area contributed by atoms with Crippen molar-refractivity contribution in [2.24, 2.45) is 0 Å². The molecule has 0 aliphatic carbocycles. The third-order valence-corrected chi connectivity index (χ3v) is 4.15. The van der Waals surface area contributed by atoms with Crippen LogP contribution in [0.1, 0.15) is 33.2 Å². The van der Waals surface area contributed by atoms with E-state index in [1.807, 2.05) is 25.7 Å². The number of H-pyrrole nitrogens is 1. The van der Waals surface area contributed by atoms with Gasteiger partial charge in [0.1, 0.15) is 11.5 Å². The summed E-state index contributed by atoms with van der Waals surface area (Å²) in [5, 5.41) is 10.8. The molecule has 3 heterocycles. The van der Waals surface area contributed by atoms with Crippen LogP contribution in [0.25, 0.3) is 0 Å². The van der Waals surface area contributed by atoms with E-state index in [1.165, 1.54) is 0 Å². The number of hydrogen-bond acceptors (Lipinski definition) is 5. The first-order valence-electron chi connectivity index (χ1n) is 7.50. The molecule has 0 bridgehead atoms. The van der Waals surface area contributed by atoms with E-state index >= 15 is 0 Å². The molecule has 7 nitrogen and oxygen atoms in total. The van der Waals surface area contributed by atoms with E-state index in [4.69, 9.17) is 4.52 Å². The minimum atomic E-state index is 0.00124. The smallest absolute Gasteiger partial charge is 0.274 e. The molecule has 0 radical (unpaired) electrons. The number of nitrogens with zero attached hydrogens (tertiary/aromatic N) is 4. The maximum atomic E-state index is 12.3. The van der Waals surface area contributed by atoms with Crippen LogP contribution in [-0.4, -0.2) is 57.2 Å². The number of aryl methyl sites for hydroxylation is 3. The van der Waals surface area contributed by atoms with Crippen LogP contribution in [0.2, 0.25) is 0 Å². The van der Waals surface area contributed by atoms with Crippen molar-refractivity contribution in [2.75, 3.05) is 26.2 Å². The van der Waals surface area contributed by atoms with Crippen molar-refractivity contribution in [1.29, 1.82) is 0 Å². The van der Waals surface area contributed by atoms with Gasteiger partial charge in [0.05, 0.1) is 5.69 Å². The normalized spacial score (nSPS) is 16.2. The zero-order valence-electron chi connectivity index (χ0n) is 13.2. The van der Waals surface area contributed by atoms with E-state index < -0.39 is 0 Å². The van der Waals surface area contributed by atoms with Crippen molar-refractivity contribution in [2.45, 2.75) is 27.3 Å². The van der Waals surface area contributed by atoms with Crippen molar-refractivity contribution < 1.29 is 9.32 Å². The monoisotopic (exact) mass is 303 g/mol. The Morgan fingerprint density at radius 1 is 1.27 bits per heavy atom. The summed E-state index contributed by atoms with van der Waals surface area (Å²) in [7, 11) is 0. The zero-order chi connectivity index (χ0) is 15.7. The zero-order valence-corrected chi connectivity index (χ0v) is 13.2. The molecule has 1 aliphatic rings. The fraction of sp³-hybridized carbons (Fsp3) is 0.533. The second-order valence-corrected chi connectivity index (χ2v) is 5.81. The Morgan fingerprint density at radius 3 is 2.55 bits per heavy atom. The Bertz CT molecular complexity index is 648. The van der Waals surface area contributed by atoms with Crippen LogP contribution < -0.4 is 0 Å². The molecule has 3 rings (SSSR count). The third kappa shape index (κ3) is 2.89. The molecule has 0 aromatic carbocycles. The van der Waals surface area contributed by atoms with Crippen LogP contribution >= 0.6 is 0 Å². The van der Waals surface area contributed by atoms with Gasteiger partial charge in [0, 0.05) is 44.0 Å². The molecule has 1 N–H and O–H groups in total. The number of aromatic amines is 1. The standard InChI is InChI=1S/C15H21N5O2/c1-10-8-14(17-16-10)15(21)20-6-4-19(5-7-20)9-13-11(2)18-22-12(13)3/h8H,4-7,9H2,1-3H3,(H,16,17). The summed E-state index contributed by atoms with van der Waals surface area (Å²) in [6.45, 7) is 9.75. The van der Waals surface area contributed by atoms with Crippen molar-refractivity contribution in [3.05, 3.63) is 34.5 Å². The molecule has 1 fully saturated rings. The number of rotatable bonds is 3. The Kier molecular flexibility index (Phi) is 3.98. The van der Waals surface area contributed by atoms with Gasteiger partial charge in [-0.15, -0.1) is 0 Å². The first-order valence-corrected chi connectivity index (χ1v) is 7.50. The predicted octanol–water partition coefficient (Wildman–Crippen LogP) is 1.28. The highest BCUT2D eigenvalue weighted by Crippen LogP contribution is 2.16. The van der Waals surface area contributed by atoms with Gasteiger partial charge in [-0.05, 0) is 26.8 Å². The van der Waals surface area contributed by atoms with Crippen molar-refractivity contribution in [3.8, 4) is 0 Å². The molecule has 0 saturated carbocycles. The molecule has 2 aromatic heterocycles. The Balaban J connectivity index is 1.57. The lowest BCUT2D eigenvalue weighted by atomic mass is 10.1. The number of aromatic nitrogens is 3. The van der Waals surface area contributed by atoms with Crippen LogP contribution in [0.15, 0.2) is 10.6 Å². The number of carbonyl (C=O) groups excluding carboxylic acids is 1. The van der Waals surface area contributed by atoms with Crippen molar-refractivity contribution >= 4 is 5.91 Å². The van der Waals surface area contributed by atoms with Crippen LogP contribution in [0.5, 0.6) is 0 Å². The molecule has 7 heteroatoms. The van der Waals surface area contributed by atoms with Crippen LogP contribution in [0.3, 0.4) is 0 Å². The minimum absolute atomic E-state index is 0.00124. The van der Waals surface area contributed by atoms with E-state index in [-0.39, 0.29) is 5.91 Å². The molecule has 0 spiro atoms. The van der Waals surface area contributed by atoms with Gasteiger partial charge in [-0.2, -0.15) is 5.10 Å². The fourth-order valence-electron chi connectivity index (χ4n) is 2.75. The van der Waals surface area contributed by atoms with Gasteiger partial charge in [0.25, 0.3) is 5.91 Å². The Labute approximate surface area is 129 Å². The summed E-state index contributed by atoms with van der Waals surface area (Å²) >= 11 is 0. The number of piperazine rings is 1. The molecule has 1 amide bonds. The van der Waals surface area contributed by atoms with Gasteiger partial charge >= 0.3 is 0 Å². The molecule has 0 atom stereocenters. The molecule has 2 aromatic rings. The van der Waals surface area contributed by atoms with E-state index in [2.05, 4.69) is 20.3 Å². The van der Waals surface area contributed by atoms with E-state index in [9.17, 15) is 4.79 Å². The number of hydrogen-bond donors (Lipinski definition) is 1. The fourth-order valence-corrected chi connectivity index (χ4v) is 2.75. The lowest BCUT2D eigenvalue weighted by Crippen LogP contribution is -2.48. The average Bonchev–Trinajstić information content (AvgIpc) is 3.08. The van der Waals surface area contributed by atoms with E-state index in [0.29, 0.717) is 18.8 Å². The SMILES string of the molecule is Cc1cc(C(=O)N2CCN(Cc3c(C)noc3C)CC2)n[nH]1. The van der Waals surface area contributed by atoms with Crippen molar-refractivity contribution in [3.63, 3.8) is 0 Å². The van der Waals surface area contributed by atoms with E-state index in [1.54, 1.807) is 6.07 Å². The van der Waals surface area contributed by atoms with E-state index in [0.717, 1.165) is 42.3 Å². The molecular formula is C15H21N5O2. The highest BCUT2D eigenvalue weighted by atomic mass is 16.5. The summed E-state index contributed by atoms with van der Waals surface area (Å²) in [5.41, 5.74) is 3.50. The molecular weight excluding hydrogens is 282 g/mol. The predicted molar refractivity (Wildman–Crippen MR) is 80.5 cm³/mol. The maximum absolute atomic E-state index is 12.3. The maximum Gasteiger partial charge on any atom is 0.274 e. The first kappa shape index (κ1) is 14.8. The molecule has 118 valence electrons. The quantitative estimate of drug-likeness (QED) is 0.924. The third-order valence-electron chi connectivity index (χ3n) is 4.15. The lowest BCUT2D eigenvalue weighted by molar-refractivity contribution is 0.0622. The first-order chi connectivity index (χ1) is 10.5. The second kappa shape index (κ2) is 5.92. The molecule has 22 heavy (non-hydrogen) atoms. The molecule has 0 unspecified atom stereocenters. The number of amides is 1. The topological polar surface area (TPSA) is 78.3 Å². The molecule has 1 aliphatic heterocycles. The summed E-state index contributed by atoms with van der Waals surface area (Å²) in [6, 6.07) is 1.79. The summed E-state index contributed by atoms with van der Waals surface area (Å²) in [6.07, 6.45) is 0. The minimum Gasteiger partial charge on any atom is -0.361 e. The number of carbonyl (C=O) groups is 1. The van der Waals surface area contributed by atoms with Gasteiger partial charge in [-0.3, -0.25) is 14.8 Å². The largest absolute Gasteiger partial charge is 0.361 e. The highest BCUT2D eigenvalue weighted by Gasteiger charge is 2.24. The van der Waals surface area contributed by atoms with Crippen LogP contribution in [-0.2, 0) is 6.54 Å². The Morgan fingerprint density at radius 2 is 2.00 bits per heavy atom. The lowest BCUT2D eigenvalue weighted by Gasteiger charge is -2.34. The van der Waals surface area contributed by atoms with Gasteiger partial charge < -0.3 is 9.42 Å². The van der Waals surface area contributed by atoms with Crippen LogP contribution in [0, 0.1) is 20.8 Å². The Hall–Kier alpha value is -2.15. The summed E-state index contributed by atoms with van der Waals surface area (Å²) in [5.74, 6) is 0.879. The van der Waals surface area contributed by atoms with Gasteiger partial charge in [0.15, 0.2) is 0 Å². The van der Waals surface area contributed by atoms with Crippen molar-refractivity contribution in [1.82, 2.24) is 25.2 Å². The highest BCUT2D eigenvalue weighted by molar-refractivity contribution is 5.92. The second-order valence-electron chi connectivity index (χ2n) is 5.81.